The number of hydrogen-bond donors (Lipinski definition) is 0. The summed E-state index contributed by atoms with van der Waals surface area (Å²) in [6.07, 6.45) is 67.0. The molecule has 0 unspecified atom stereocenters. The van der Waals surface area contributed by atoms with Gasteiger partial charge in [0.15, 0.2) is 6.10 Å². The topological polar surface area (TPSA) is 78.9 Å². The molecule has 0 radical (unpaired) electrons. The molecule has 0 spiro atoms. The van der Waals surface area contributed by atoms with E-state index in [4.69, 9.17) is 14.2 Å². The molecule has 0 saturated carbocycles. The van der Waals surface area contributed by atoms with Crippen LogP contribution in [0.15, 0.2) is 85.1 Å². The molecule has 0 aromatic heterocycles. The van der Waals surface area contributed by atoms with E-state index in [2.05, 4.69) is 106 Å². The monoisotopic (exact) mass is 891 g/mol. The third kappa shape index (κ3) is 49.6. The van der Waals surface area contributed by atoms with Crippen LogP contribution in [0.2, 0.25) is 0 Å². The lowest BCUT2D eigenvalue weighted by Crippen LogP contribution is -2.30. The summed E-state index contributed by atoms with van der Waals surface area (Å²) >= 11 is 0. The molecule has 366 valence electrons. The van der Waals surface area contributed by atoms with Crippen molar-refractivity contribution < 1.29 is 28.6 Å². The molecule has 0 N–H and O–H groups in total. The number of carbonyl (C=O) groups is 3. The average molecular weight is 891 g/mol. The number of esters is 3. The molecule has 0 fully saturated rings. The highest BCUT2D eigenvalue weighted by atomic mass is 16.6. The Morgan fingerprint density at radius 2 is 0.609 bits per heavy atom. The quantitative estimate of drug-likeness (QED) is 0.0262. The minimum absolute atomic E-state index is 0.0952. The Kier molecular flexibility index (Phi) is 49.4. The molecule has 0 heterocycles. The SMILES string of the molecule is CC/C=C\C/C=C\C/C=C\C/C=C\CCCCCCC(=O)OC[C@H](COC(=O)CCCCCC/C=C\C/C=C\C/C=C\CCCCC)OC(=O)CCCCCCCCCCCCCC. The summed E-state index contributed by atoms with van der Waals surface area (Å²) in [6.45, 7) is 6.45. The zero-order valence-corrected chi connectivity index (χ0v) is 41.8. The second-order valence-corrected chi connectivity index (χ2v) is 17.4. The standard InChI is InChI=1S/C58H98O6/c1-4-7-10-13-16-19-22-25-27-29-31-33-36-38-41-44-47-50-56(59)62-53-55(64-58(61)52-49-46-43-40-35-24-21-18-15-12-9-6-3)54-63-57(60)51-48-45-42-39-37-34-32-30-28-26-23-20-17-14-11-8-5-2/h7,10,16-17,19-20,25-28,31-34,55H,4-6,8-9,11-15,18,21-24,29-30,35-54H2,1-3H3/b10-7-,19-16-,20-17-,27-25-,28-26-,33-31-,34-32-/t55-/m1/s1. The summed E-state index contributed by atoms with van der Waals surface area (Å²) in [6, 6.07) is 0. The van der Waals surface area contributed by atoms with Crippen LogP contribution in [0, 0.1) is 0 Å². The van der Waals surface area contributed by atoms with Crippen LogP contribution in [-0.4, -0.2) is 37.2 Å². The first-order valence-corrected chi connectivity index (χ1v) is 26.6. The van der Waals surface area contributed by atoms with Gasteiger partial charge >= 0.3 is 17.9 Å². The first-order chi connectivity index (χ1) is 31.5. The lowest BCUT2D eigenvalue weighted by Gasteiger charge is -2.18. The van der Waals surface area contributed by atoms with Gasteiger partial charge in [-0.3, -0.25) is 14.4 Å². The van der Waals surface area contributed by atoms with Crippen LogP contribution in [0.1, 0.15) is 245 Å². The molecular weight excluding hydrogens is 793 g/mol. The second kappa shape index (κ2) is 52.2. The van der Waals surface area contributed by atoms with Gasteiger partial charge in [-0.1, -0.05) is 215 Å². The largest absolute Gasteiger partial charge is 0.462 e. The van der Waals surface area contributed by atoms with Crippen LogP contribution in [0.25, 0.3) is 0 Å². The number of hydrogen-bond acceptors (Lipinski definition) is 6. The highest BCUT2D eigenvalue weighted by Gasteiger charge is 2.19. The molecule has 6 nitrogen and oxygen atoms in total. The predicted molar refractivity (Wildman–Crippen MR) is 274 cm³/mol. The van der Waals surface area contributed by atoms with E-state index >= 15 is 0 Å². The third-order valence-corrected chi connectivity index (χ3v) is 11.1. The van der Waals surface area contributed by atoms with Gasteiger partial charge in [0.1, 0.15) is 13.2 Å². The van der Waals surface area contributed by atoms with Gasteiger partial charge in [0.05, 0.1) is 0 Å². The molecular formula is C58H98O6. The van der Waals surface area contributed by atoms with Crippen molar-refractivity contribution in [3.05, 3.63) is 85.1 Å². The lowest BCUT2D eigenvalue weighted by atomic mass is 10.0. The average Bonchev–Trinajstić information content (AvgIpc) is 3.29. The Morgan fingerprint density at radius 3 is 0.984 bits per heavy atom. The molecule has 0 aromatic rings. The van der Waals surface area contributed by atoms with Crippen molar-refractivity contribution in [3.8, 4) is 0 Å². The fraction of sp³-hybridized carbons (Fsp3) is 0.707. The Hall–Kier alpha value is -3.41. The molecule has 64 heavy (non-hydrogen) atoms. The van der Waals surface area contributed by atoms with Crippen molar-refractivity contribution in [2.45, 2.75) is 252 Å². The van der Waals surface area contributed by atoms with E-state index in [1.807, 2.05) is 0 Å². The van der Waals surface area contributed by atoms with Gasteiger partial charge in [-0.25, -0.2) is 0 Å². The van der Waals surface area contributed by atoms with Gasteiger partial charge < -0.3 is 14.2 Å². The smallest absolute Gasteiger partial charge is 0.306 e. The van der Waals surface area contributed by atoms with Gasteiger partial charge in [0, 0.05) is 19.3 Å². The van der Waals surface area contributed by atoms with E-state index in [0.29, 0.717) is 19.3 Å². The van der Waals surface area contributed by atoms with Gasteiger partial charge in [-0.2, -0.15) is 0 Å². The van der Waals surface area contributed by atoms with E-state index in [-0.39, 0.29) is 31.1 Å². The Labute approximate surface area is 395 Å². The number of ether oxygens (including phenoxy) is 3. The molecule has 1 atom stereocenters. The van der Waals surface area contributed by atoms with Crippen molar-refractivity contribution in [2.75, 3.05) is 13.2 Å². The molecule has 0 rings (SSSR count). The zero-order valence-electron chi connectivity index (χ0n) is 41.8. The summed E-state index contributed by atoms with van der Waals surface area (Å²) in [5, 5.41) is 0. The summed E-state index contributed by atoms with van der Waals surface area (Å²) in [7, 11) is 0. The fourth-order valence-electron chi connectivity index (χ4n) is 7.15. The van der Waals surface area contributed by atoms with E-state index in [0.717, 1.165) is 122 Å². The van der Waals surface area contributed by atoms with Crippen LogP contribution in [0.3, 0.4) is 0 Å². The van der Waals surface area contributed by atoms with Gasteiger partial charge in [-0.05, 0) is 96.3 Å². The van der Waals surface area contributed by atoms with Gasteiger partial charge in [-0.15, -0.1) is 0 Å². The van der Waals surface area contributed by atoms with E-state index in [1.165, 1.54) is 83.5 Å². The Bertz CT molecular complexity index is 1250. The molecule has 0 amide bonds. The first kappa shape index (κ1) is 60.6. The van der Waals surface area contributed by atoms with Gasteiger partial charge in [0.2, 0.25) is 0 Å². The second-order valence-electron chi connectivity index (χ2n) is 17.4. The van der Waals surface area contributed by atoms with Crippen molar-refractivity contribution in [3.63, 3.8) is 0 Å². The van der Waals surface area contributed by atoms with Crippen molar-refractivity contribution in [2.24, 2.45) is 0 Å². The van der Waals surface area contributed by atoms with Crippen LogP contribution in [0.5, 0.6) is 0 Å². The van der Waals surface area contributed by atoms with Crippen LogP contribution in [0.4, 0.5) is 0 Å². The number of carbonyl (C=O) groups excluding carboxylic acids is 3. The summed E-state index contributed by atoms with van der Waals surface area (Å²) < 4.78 is 16.8. The molecule has 0 aliphatic heterocycles. The minimum atomic E-state index is -0.794. The van der Waals surface area contributed by atoms with Crippen LogP contribution < -0.4 is 0 Å². The van der Waals surface area contributed by atoms with Crippen molar-refractivity contribution >= 4 is 17.9 Å². The number of rotatable bonds is 47. The Morgan fingerprint density at radius 1 is 0.328 bits per heavy atom. The molecule has 0 aliphatic rings. The fourth-order valence-corrected chi connectivity index (χ4v) is 7.15. The molecule has 0 saturated heterocycles. The van der Waals surface area contributed by atoms with E-state index in [9.17, 15) is 14.4 Å². The van der Waals surface area contributed by atoms with E-state index < -0.39 is 6.10 Å². The van der Waals surface area contributed by atoms with E-state index in [1.54, 1.807) is 0 Å². The van der Waals surface area contributed by atoms with Gasteiger partial charge in [0.25, 0.3) is 0 Å². The third-order valence-electron chi connectivity index (χ3n) is 11.1. The molecule has 0 aromatic carbocycles. The zero-order chi connectivity index (χ0) is 46.5. The summed E-state index contributed by atoms with van der Waals surface area (Å²) in [5.41, 5.74) is 0. The van der Waals surface area contributed by atoms with Crippen LogP contribution in [-0.2, 0) is 28.6 Å². The Balaban J connectivity index is 4.45. The van der Waals surface area contributed by atoms with Crippen molar-refractivity contribution in [1.82, 2.24) is 0 Å². The number of allylic oxidation sites excluding steroid dienone is 14. The maximum Gasteiger partial charge on any atom is 0.306 e. The first-order valence-electron chi connectivity index (χ1n) is 26.6. The predicted octanol–water partition coefficient (Wildman–Crippen LogP) is 17.6. The molecule has 6 heteroatoms. The highest BCUT2D eigenvalue weighted by molar-refractivity contribution is 5.71. The normalized spacial score (nSPS) is 12.7. The molecule has 0 aliphatic carbocycles. The lowest BCUT2D eigenvalue weighted by molar-refractivity contribution is -0.167. The number of unbranched alkanes of at least 4 members (excludes halogenated alkanes) is 22. The maximum absolute atomic E-state index is 12.8. The summed E-state index contributed by atoms with van der Waals surface area (Å²) in [4.78, 5) is 38.0. The summed E-state index contributed by atoms with van der Waals surface area (Å²) in [5.74, 6) is -0.937. The highest BCUT2D eigenvalue weighted by Crippen LogP contribution is 2.14. The maximum atomic E-state index is 12.8. The molecule has 0 bridgehead atoms. The van der Waals surface area contributed by atoms with Crippen molar-refractivity contribution in [1.29, 1.82) is 0 Å². The van der Waals surface area contributed by atoms with Crippen LogP contribution >= 0.6 is 0 Å². The minimum Gasteiger partial charge on any atom is -0.462 e.